The molecule has 0 spiro atoms. The van der Waals surface area contributed by atoms with E-state index in [2.05, 4.69) is 24.0 Å². The van der Waals surface area contributed by atoms with Gasteiger partial charge in [-0.2, -0.15) is 0 Å². The summed E-state index contributed by atoms with van der Waals surface area (Å²) < 4.78 is 17.8. The highest BCUT2D eigenvalue weighted by Gasteiger charge is 2.48. The van der Waals surface area contributed by atoms with Gasteiger partial charge in [-0.1, -0.05) is 66.7 Å². The number of rotatable bonds is 13. The average Bonchev–Trinajstić information content (AvgIpc) is 3.62. The number of benzene rings is 3. The third kappa shape index (κ3) is 7.49. The number of nitrogens with zero attached hydrogens (tertiary/aromatic N) is 3. The lowest BCUT2D eigenvalue weighted by Crippen LogP contribution is -2.29. The van der Waals surface area contributed by atoms with Crippen molar-refractivity contribution in [1.82, 2.24) is 10.2 Å². The van der Waals surface area contributed by atoms with Crippen LogP contribution in [0.25, 0.3) is 5.76 Å². The van der Waals surface area contributed by atoms with Crippen molar-refractivity contribution in [2.24, 2.45) is 5.92 Å². The highest BCUT2D eigenvalue weighted by atomic mass is 35.5. The van der Waals surface area contributed by atoms with Crippen molar-refractivity contribution >= 4 is 57.3 Å². The quantitative estimate of drug-likeness (QED) is 0.0495. The second-order valence-electron chi connectivity index (χ2n) is 10.8. The molecule has 4 aromatic rings. The first-order chi connectivity index (χ1) is 22.2. The number of aliphatic hydroxyl groups is 1. The first-order valence-corrected chi connectivity index (χ1v) is 16.9. The number of carbonyl (C=O) groups is 2. The number of hydrogen-bond donors (Lipinski definition) is 1. The average molecular weight is 680 g/mol. The van der Waals surface area contributed by atoms with Crippen LogP contribution in [0, 0.1) is 5.92 Å². The smallest absolute Gasteiger partial charge is 0.301 e. The van der Waals surface area contributed by atoms with Crippen LogP contribution in [0.3, 0.4) is 0 Å². The maximum absolute atomic E-state index is 13.7. The van der Waals surface area contributed by atoms with Gasteiger partial charge in [-0.3, -0.25) is 14.5 Å². The van der Waals surface area contributed by atoms with Crippen molar-refractivity contribution in [3.8, 4) is 17.2 Å². The molecule has 240 valence electrons. The topological polar surface area (TPSA) is 111 Å². The van der Waals surface area contributed by atoms with Crippen LogP contribution in [0.5, 0.6) is 17.2 Å². The normalized spacial score (nSPS) is 15.9. The molecule has 5 rings (SSSR count). The Hall–Kier alpha value is -4.06. The summed E-state index contributed by atoms with van der Waals surface area (Å²) in [5, 5.41) is 21.0. The number of methoxy groups -OCH3 is 1. The number of aliphatic hydroxyl groups excluding tert-OH is 1. The number of aromatic nitrogens is 2. The molecule has 1 amide bonds. The van der Waals surface area contributed by atoms with Crippen LogP contribution in [0.15, 0.2) is 76.6 Å². The van der Waals surface area contributed by atoms with E-state index in [0.717, 1.165) is 12.0 Å². The van der Waals surface area contributed by atoms with Crippen molar-refractivity contribution < 1.29 is 28.9 Å². The Balaban J connectivity index is 1.55. The highest BCUT2D eigenvalue weighted by molar-refractivity contribution is 8.00. The molecule has 3 aromatic carbocycles. The van der Waals surface area contributed by atoms with Crippen molar-refractivity contribution in [3.63, 3.8) is 0 Å². The van der Waals surface area contributed by atoms with Crippen molar-refractivity contribution in [2.45, 2.75) is 43.3 Å². The Morgan fingerprint density at radius 2 is 1.76 bits per heavy atom. The lowest BCUT2D eigenvalue weighted by molar-refractivity contribution is -0.132. The summed E-state index contributed by atoms with van der Waals surface area (Å²) in [5.74, 6) is 0.714. The van der Waals surface area contributed by atoms with Crippen LogP contribution in [-0.4, -0.2) is 47.3 Å². The molecule has 1 aliphatic heterocycles. The summed E-state index contributed by atoms with van der Waals surface area (Å²) in [5.41, 5.74) is 1.88. The molecule has 0 bridgehead atoms. The molecule has 9 nitrogen and oxygen atoms in total. The van der Waals surface area contributed by atoms with Crippen LogP contribution in [0.2, 0.25) is 5.02 Å². The largest absolute Gasteiger partial charge is 0.507 e. The standard InChI is InChI=1S/C34H34ClN3O6S2/c1-5-43-27-18-23(10-15-26(27)44-17-16-20(2)3)29-28(30(39)22-8-13-25(42-4)14-9-22)31(40)32(41)38(29)33-36-37-34(46-33)45-19-21-6-11-24(35)12-7-21/h6-15,18,20,29,39H,5,16-17,19H2,1-4H3. The molecule has 0 aliphatic carbocycles. The minimum absolute atomic E-state index is 0.0725. The van der Waals surface area contributed by atoms with E-state index in [4.69, 9.17) is 25.8 Å². The van der Waals surface area contributed by atoms with Gasteiger partial charge in [-0.25, -0.2) is 0 Å². The van der Waals surface area contributed by atoms with Gasteiger partial charge in [0.25, 0.3) is 5.78 Å². The zero-order valence-electron chi connectivity index (χ0n) is 25.9. The lowest BCUT2D eigenvalue weighted by Gasteiger charge is -2.24. The van der Waals surface area contributed by atoms with E-state index in [1.807, 2.05) is 31.2 Å². The van der Waals surface area contributed by atoms with Crippen molar-refractivity contribution in [3.05, 3.63) is 94.0 Å². The van der Waals surface area contributed by atoms with E-state index >= 15 is 0 Å². The molecule has 1 saturated heterocycles. The zero-order valence-corrected chi connectivity index (χ0v) is 28.2. The first kappa shape index (κ1) is 33.3. The summed E-state index contributed by atoms with van der Waals surface area (Å²) in [6, 6.07) is 18.4. The van der Waals surface area contributed by atoms with Crippen molar-refractivity contribution in [2.75, 3.05) is 25.2 Å². The number of thioether (sulfide) groups is 1. The molecule has 0 saturated carbocycles. The molecule has 1 aromatic heterocycles. The molecule has 1 fully saturated rings. The molecule has 1 aliphatic rings. The second-order valence-corrected chi connectivity index (χ2v) is 13.4. The first-order valence-electron chi connectivity index (χ1n) is 14.8. The molecule has 46 heavy (non-hydrogen) atoms. The summed E-state index contributed by atoms with van der Waals surface area (Å²) in [6.07, 6.45) is 0.866. The summed E-state index contributed by atoms with van der Waals surface area (Å²) in [4.78, 5) is 28.7. The number of anilines is 1. The summed E-state index contributed by atoms with van der Waals surface area (Å²) in [7, 11) is 1.54. The number of amides is 1. The monoisotopic (exact) mass is 679 g/mol. The highest BCUT2D eigenvalue weighted by Crippen LogP contribution is 2.46. The lowest BCUT2D eigenvalue weighted by atomic mass is 9.95. The maximum atomic E-state index is 13.7. The number of carbonyl (C=O) groups excluding carboxylic acids is 2. The molecule has 1 unspecified atom stereocenters. The summed E-state index contributed by atoms with van der Waals surface area (Å²) in [6.45, 7) is 6.99. The van der Waals surface area contributed by atoms with Gasteiger partial charge in [0.1, 0.15) is 11.5 Å². The third-order valence-electron chi connectivity index (χ3n) is 7.22. The molecule has 0 radical (unpaired) electrons. The van der Waals surface area contributed by atoms with Gasteiger partial charge < -0.3 is 19.3 Å². The fourth-order valence-corrected chi connectivity index (χ4v) is 6.77. The summed E-state index contributed by atoms with van der Waals surface area (Å²) >= 11 is 8.67. The molecular weight excluding hydrogens is 646 g/mol. The number of Topliss-reactive ketones (excluding diaryl/α,β-unsaturated/α-hetero) is 1. The number of ether oxygens (including phenoxy) is 3. The van der Waals surface area contributed by atoms with Crippen LogP contribution < -0.4 is 19.1 Å². The van der Waals surface area contributed by atoms with E-state index in [1.54, 1.807) is 42.5 Å². The minimum atomic E-state index is -1.01. The Labute approximate surface area is 281 Å². The fraction of sp³-hybridized carbons (Fsp3) is 0.294. The van der Waals surface area contributed by atoms with E-state index < -0.39 is 17.7 Å². The van der Waals surface area contributed by atoms with Crippen LogP contribution in [-0.2, 0) is 15.3 Å². The zero-order chi connectivity index (χ0) is 32.8. The minimum Gasteiger partial charge on any atom is -0.507 e. The van der Waals surface area contributed by atoms with Gasteiger partial charge in [0, 0.05) is 16.3 Å². The van der Waals surface area contributed by atoms with Gasteiger partial charge in [0.15, 0.2) is 15.8 Å². The van der Waals surface area contributed by atoms with Crippen molar-refractivity contribution in [1.29, 1.82) is 0 Å². The Morgan fingerprint density at radius 1 is 1.02 bits per heavy atom. The number of halogens is 1. The number of hydrogen-bond acceptors (Lipinski definition) is 10. The van der Waals surface area contributed by atoms with Gasteiger partial charge in [-0.05, 0) is 78.9 Å². The van der Waals surface area contributed by atoms with Gasteiger partial charge >= 0.3 is 5.91 Å². The van der Waals surface area contributed by atoms with E-state index in [9.17, 15) is 14.7 Å². The SMILES string of the molecule is CCOc1cc(C2C(=C(O)c3ccc(OC)cc3)C(=O)C(=O)N2c2nnc(SCc3ccc(Cl)cc3)s2)ccc1OCCC(C)C. The van der Waals surface area contributed by atoms with E-state index in [-0.39, 0.29) is 16.5 Å². The third-order valence-corrected chi connectivity index (χ3v) is 9.60. The second kappa shape index (κ2) is 15.0. The van der Waals surface area contributed by atoms with E-state index in [1.165, 1.54) is 35.1 Å². The van der Waals surface area contributed by atoms with Crippen LogP contribution in [0.1, 0.15) is 49.9 Å². The molecule has 2 heterocycles. The Morgan fingerprint density at radius 3 is 2.43 bits per heavy atom. The fourth-order valence-electron chi connectivity index (χ4n) is 4.82. The maximum Gasteiger partial charge on any atom is 0.301 e. The molecule has 1 N–H and O–H groups in total. The van der Waals surface area contributed by atoms with E-state index in [0.29, 0.717) is 62.6 Å². The van der Waals surface area contributed by atoms with Gasteiger partial charge in [0.2, 0.25) is 5.13 Å². The molecule has 12 heteroatoms. The van der Waals surface area contributed by atoms with Gasteiger partial charge in [-0.15, -0.1) is 10.2 Å². The predicted molar refractivity (Wildman–Crippen MR) is 181 cm³/mol. The molecular formula is C34H34ClN3O6S2. The van der Waals surface area contributed by atoms with Crippen LogP contribution in [0.4, 0.5) is 5.13 Å². The Bertz CT molecular complexity index is 1720. The van der Waals surface area contributed by atoms with Crippen LogP contribution >= 0.6 is 34.7 Å². The van der Waals surface area contributed by atoms with Gasteiger partial charge in [0.05, 0.1) is 31.9 Å². The number of ketones is 1. The molecule has 1 atom stereocenters. The predicted octanol–water partition coefficient (Wildman–Crippen LogP) is 7.94. The Kier molecular flexibility index (Phi) is 10.9.